The molecule has 2 rings (SSSR count). The highest BCUT2D eigenvalue weighted by atomic mass is 35.5. The number of hydrogen-bond donors (Lipinski definition) is 1. The fourth-order valence-corrected chi connectivity index (χ4v) is 2.21. The van der Waals surface area contributed by atoms with Crippen LogP contribution in [0, 0.1) is 0 Å². The molecule has 2 aromatic carbocycles. The molecule has 0 aliphatic rings. The molecular formula is C14H13Cl2N. The largest absolute Gasteiger partial charge is 0.324 e. The van der Waals surface area contributed by atoms with Crippen molar-refractivity contribution >= 4 is 23.2 Å². The second-order valence-corrected chi connectivity index (χ2v) is 4.81. The minimum atomic E-state index is -0.136. The predicted molar refractivity (Wildman–Crippen MR) is 73.5 cm³/mol. The van der Waals surface area contributed by atoms with Crippen LogP contribution in [0.4, 0.5) is 0 Å². The van der Waals surface area contributed by atoms with Crippen molar-refractivity contribution in [3.63, 3.8) is 0 Å². The van der Waals surface area contributed by atoms with Gasteiger partial charge in [0.25, 0.3) is 0 Å². The number of benzene rings is 2. The van der Waals surface area contributed by atoms with E-state index in [2.05, 4.69) is 12.1 Å². The van der Waals surface area contributed by atoms with Crippen molar-refractivity contribution in [2.45, 2.75) is 12.5 Å². The van der Waals surface area contributed by atoms with Gasteiger partial charge in [-0.1, -0.05) is 53.5 Å². The van der Waals surface area contributed by atoms with E-state index in [-0.39, 0.29) is 6.04 Å². The van der Waals surface area contributed by atoms with E-state index in [1.54, 1.807) is 12.1 Å². The first-order chi connectivity index (χ1) is 8.16. The van der Waals surface area contributed by atoms with Crippen LogP contribution in [-0.4, -0.2) is 0 Å². The summed E-state index contributed by atoms with van der Waals surface area (Å²) < 4.78 is 0. The zero-order valence-corrected chi connectivity index (χ0v) is 10.7. The van der Waals surface area contributed by atoms with E-state index in [1.165, 1.54) is 5.56 Å². The maximum Gasteiger partial charge on any atom is 0.0454 e. The average Bonchev–Trinajstić information content (AvgIpc) is 2.33. The van der Waals surface area contributed by atoms with E-state index in [0.717, 1.165) is 12.0 Å². The zero-order chi connectivity index (χ0) is 12.3. The molecule has 1 unspecified atom stereocenters. The first-order valence-corrected chi connectivity index (χ1v) is 6.17. The fraction of sp³-hybridized carbons (Fsp3) is 0.143. The van der Waals surface area contributed by atoms with Crippen molar-refractivity contribution in [2.75, 3.05) is 0 Å². The molecule has 0 bridgehead atoms. The number of rotatable bonds is 3. The normalized spacial score (nSPS) is 12.4. The molecule has 1 nitrogen and oxygen atoms in total. The highest BCUT2D eigenvalue weighted by molar-refractivity contribution is 6.33. The Morgan fingerprint density at radius 1 is 1.00 bits per heavy atom. The van der Waals surface area contributed by atoms with Crippen LogP contribution in [0.3, 0.4) is 0 Å². The SMILES string of the molecule is NC(Cc1ccccc1)c1cc(Cl)ccc1Cl. The summed E-state index contributed by atoms with van der Waals surface area (Å²) in [4.78, 5) is 0. The molecule has 0 spiro atoms. The Bertz CT molecular complexity index is 497. The minimum Gasteiger partial charge on any atom is -0.324 e. The standard InChI is InChI=1S/C14H13Cl2N/c15-11-6-7-13(16)12(9-11)14(17)8-10-4-2-1-3-5-10/h1-7,9,14H,8,17H2. The molecule has 0 heterocycles. The molecule has 0 aliphatic heterocycles. The van der Waals surface area contributed by atoms with E-state index in [0.29, 0.717) is 10.0 Å². The van der Waals surface area contributed by atoms with Crippen LogP contribution < -0.4 is 5.73 Å². The number of hydrogen-bond acceptors (Lipinski definition) is 1. The second kappa shape index (κ2) is 5.54. The lowest BCUT2D eigenvalue weighted by Gasteiger charge is -2.14. The minimum absolute atomic E-state index is 0.136. The van der Waals surface area contributed by atoms with Gasteiger partial charge in [-0.25, -0.2) is 0 Å². The van der Waals surface area contributed by atoms with Crippen molar-refractivity contribution in [1.82, 2.24) is 0 Å². The summed E-state index contributed by atoms with van der Waals surface area (Å²) >= 11 is 12.1. The summed E-state index contributed by atoms with van der Waals surface area (Å²) in [6, 6.07) is 15.3. The summed E-state index contributed by atoms with van der Waals surface area (Å²) in [6.45, 7) is 0. The van der Waals surface area contributed by atoms with Crippen molar-refractivity contribution in [3.05, 3.63) is 69.7 Å². The Balaban J connectivity index is 2.20. The highest BCUT2D eigenvalue weighted by Gasteiger charge is 2.11. The monoisotopic (exact) mass is 265 g/mol. The van der Waals surface area contributed by atoms with Crippen LogP contribution in [0.2, 0.25) is 10.0 Å². The van der Waals surface area contributed by atoms with Gasteiger partial charge in [0.1, 0.15) is 0 Å². The molecule has 0 radical (unpaired) electrons. The zero-order valence-electron chi connectivity index (χ0n) is 9.24. The Morgan fingerprint density at radius 3 is 2.41 bits per heavy atom. The molecule has 2 aromatic rings. The number of nitrogens with two attached hydrogens (primary N) is 1. The molecule has 0 fully saturated rings. The molecule has 1 atom stereocenters. The first kappa shape index (κ1) is 12.4. The maximum absolute atomic E-state index is 6.15. The van der Waals surface area contributed by atoms with Gasteiger partial charge in [0.2, 0.25) is 0 Å². The smallest absolute Gasteiger partial charge is 0.0454 e. The van der Waals surface area contributed by atoms with Gasteiger partial charge in [0.15, 0.2) is 0 Å². The molecular weight excluding hydrogens is 253 g/mol. The van der Waals surface area contributed by atoms with Crippen LogP contribution >= 0.6 is 23.2 Å². The van der Waals surface area contributed by atoms with Crippen LogP contribution in [-0.2, 0) is 6.42 Å². The van der Waals surface area contributed by atoms with Gasteiger partial charge in [-0.15, -0.1) is 0 Å². The van der Waals surface area contributed by atoms with E-state index in [9.17, 15) is 0 Å². The number of halogens is 2. The molecule has 88 valence electrons. The van der Waals surface area contributed by atoms with Gasteiger partial charge in [-0.3, -0.25) is 0 Å². The highest BCUT2D eigenvalue weighted by Crippen LogP contribution is 2.27. The summed E-state index contributed by atoms with van der Waals surface area (Å²) in [7, 11) is 0. The van der Waals surface area contributed by atoms with Gasteiger partial charge in [-0.2, -0.15) is 0 Å². The van der Waals surface area contributed by atoms with Crippen molar-refractivity contribution in [3.8, 4) is 0 Å². The molecule has 0 aromatic heterocycles. The summed E-state index contributed by atoms with van der Waals surface area (Å²) in [6.07, 6.45) is 0.751. The van der Waals surface area contributed by atoms with Gasteiger partial charge in [0.05, 0.1) is 0 Å². The Morgan fingerprint density at radius 2 is 1.71 bits per heavy atom. The first-order valence-electron chi connectivity index (χ1n) is 5.41. The van der Waals surface area contributed by atoms with Crippen molar-refractivity contribution < 1.29 is 0 Å². The molecule has 0 aliphatic carbocycles. The van der Waals surface area contributed by atoms with E-state index >= 15 is 0 Å². The molecule has 0 saturated carbocycles. The average molecular weight is 266 g/mol. The predicted octanol–water partition coefficient (Wildman–Crippen LogP) is 4.24. The summed E-state index contributed by atoms with van der Waals surface area (Å²) in [5.41, 5.74) is 8.24. The Hall–Kier alpha value is -1.02. The lowest BCUT2D eigenvalue weighted by molar-refractivity contribution is 0.722. The molecule has 2 N–H and O–H groups in total. The third-order valence-electron chi connectivity index (χ3n) is 2.66. The Labute approximate surface area is 111 Å². The lowest BCUT2D eigenvalue weighted by Crippen LogP contribution is -2.13. The lowest BCUT2D eigenvalue weighted by atomic mass is 10.00. The maximum atomic E-state index is 6.15. The van der Waals surface area contributed by atoms with Gasteiger partial charge < -0.3 is 5.73 Å². The third kappa shape index (κ3) is 3.22. The van der Waals surface area contributed by atoms with E-state index < -0.39 is 0 Å². The van der Waals surface area contributed by atoms with Gasteiger partial charge in [0, 0.05) is 16.1 Å². The topological polar surface area (TPSA) is 26.0 Å². The van der Waals surface area contributed by atoms with Crippen LogP contribution in [0.25, 0.3) is 0 Å². The molecule has 0 saturated heterocycles. The Kier molecular flexibility index (Phi) is 4.06. The van der Waals surface area contributed by atoms with Crippen LogP contribution in [0.1, 0.15) is 17.2 Å². The van der Waals surface area contributed by atoms with Crippen LogP contribution in [0.15, 0.2) is 48.5 Å². The van der Waals surface area contributed by atoms with Gasteiger partial charge >= 0.3 is 0 Å². The van der Waals surface area contributed by atoms with Crippen molar-refractivity contribution in [1.29, 1.82) is 0 Å². The van der Waals surface area contributed by atoms with Crippen molar-refractivity contribution in [2.24, 2.45) is 5.73 Å². The second-order valence-electron chi connectivity index (χ2n) is 3.96. The van der Waals surface area contributed by atoms with E-state index in [1.807, 2.05) is 24.3 Å². The molecule has 3 heteroatoms. The fourth-order valence-electron chi connectivity index (χ4n) is 1.78. The van der Waals surface area contributed by atoms with Gasteiger partial charge in [-0.05, 0) is 35.7 Å². The van der Waals surface area contributed by atoms with E-state index in [4.69, 9.17) is 28.9 Å². The summed E-state index contributed by atoms with van der Waals surface area (Å²) in [5, 5.41) is 1.32. The summed E-state index contributed by atoms with van der Waals surface area (Å²) in [5.74, 6) is 0. The quantitative estimate of drug-likeness (QED) is 0.883. The third-order valence-corrected chi connectivity index (χ3v) is 3.24. The molecule has 0 amide bonds. The molecule has 17 heavy (non-hydrogen) atoms. The van der Waals surface area contributed by atoms with Crippen LogP contribution in [0.5, 0.6) is 0 Å².